The topological polar surface area (TPSA) is 46.2 Å². The van der Waals surface area contributed by atoms with Crippen molar-refractivity contribution >= 4 is 11.6 Å². The quantitative estimate of drug-likeness (QED) is 0.769. The van der Waals surface area contributed by atoms with Gasteiger partial charge in [-0.2, -0.15) is 0 Å². The molecule has 0 radical (unpaired) electrons. The number of halogens is 3. The summed E-state index contributed by atoms with van der Waals surface area (Å²) >= 11 is 5.40. The highest BCUT2D eigenvalue weighted by Crippen LogP contribution is 2.45. The molecule has 0 spiro atoms. The lowest BCUT2D eigenvalue weighted by Gasteiger charge is -2.18. The highest BCUT2D eigenvalue weighted by molar-refractivity contribution is 6.30. The molecule has 1 aliphatic rings. The van der Waals surface area contributed by atoms with Crippen LogP contribution in [0.1, 0.15) is 24.4 Å². The van der Waals surface area contributed by atoms with E-state index in [-0.39, 0.29) is 10.6 Å². The minimum absolute atomic E-state index is 0.0306. The Morgan fingerprint density at radius 2 is 1.93 bits per heavy atom. The van der Waals surface area contributed by atoms with Crippen LogP contribution >= 0.6 is 11.6 Å². The Hall–Kier alpha value is -0.710. The zero-order valence-corrected chi connectivity index (χ0v) is 8.56. The molecule has 82 valence electrons. The molecule has 0 saturated heterocycles. The predicted octanol–water partition coefficient (Wildman–Crippen LogP) is 2.14. The Kier molecular flexibility index (Phi) is 2.45. The number of rotatable bonds is 2. The van der Waals surface area contributed by atoms with Crippen molar-refractivity contribution in [3.05, 3.63) is 34.4 Å². The van der Waals surface area contributed by atoms with Crippen LogP contribution in [-0.2, 0) is 0 Å². The van der Waals surface area contributed by atoms with Gasteiger partial charge >= 0.3 is 0 Å². The second-order valence-electron chi connectivity index (χ2n) is 3.87. The van der Waals surface area contributed by atoms with Gasteiger partial charge in [0, 0.05) is 5.56 Å². The Balaban J connectivity index is 2.39. The van der Waals surface area contributed by atoms with E-state index >= 15 is 0 Å². The second-order valence-corrected chi connectivity index (χ2v) is 4.28. The number of nitrogens with two attached hydrogens (primary N) is 1. The molecule has 0 bridgehead atoms. The summed E-state index contributed by atoms with van der Waals surface area (Å²) in [5, 5.41) is 9.40. The van der Waals surface area contributed by atoms with E-state index in [4.69, 9.17) is 17.3 Å². The van der Waals surface area contributed by atoms with Gasteiger partial charge in [-0.3, -0.25) is 0 Å². The van der Waals surface area contributed by atoms with Crippen molar-refractivity contribution in [2.75, 3.05) is 0 Å². The molecule has 1 aromatic carbocycles. The molecule has 0 aromatic heterocycles. The van der Waals surface area contributed by atoms with Gasteiger partial charge in [0.15, 0.2) is 0 Å². The minimum atomic E-state index is -1.08. The molecular weight excluding hydrogens is 224 g/mol. The van der Waals surface area contributed by atoms with Crippen molar-refractivity contribution in [2.45, 2.75) is 24.5 Å². The zero-order chi connectivity index (χ0) is 11.2. The van der Waals surface area contributed by atoms with Crippen LogP contribution in [0.5, 0.6) is 0 Å². The van der Waals surface area contributed by atoms with Crippen molar-refractivity contribution < 1.29 is 13.9 Å². The summed E-state index contributed by atoms with van der Waals surface area (Å²) in [6.45, 7) is 0. The van der Waals surface area contributed by atoms with E-state index in [0.717, 1.165) is 12.1 Å². The molecule has 1 aliphatic carbocycles. The van der Waals surface area contributed by atoms with Crippen LogP contribution in [0, 0.1) is 11.6 Å². The van der Waals surface area contributed by atoms with Gasteiger partial charge in [0.25, 0.3) is 0 Å². The molecule has 1 atom stereocenters. The van der Waals surface area contributed by atoms with Gasteiger partial charge < -0.3 is 10.8 Å². The minimum Gasteiger partial charge on any atom is -0.388 e. The monoisotopic (exact) mass is 233 g/mol. The maximum atomic E-state index is 13.4. The Bertz CT molecular complexity index is 407. The summed E-state index contributed by atoms with van der Waals surface area (Å²) in [4.78, 5) is 0. The maximum Gasteiger partial charge on any atom is 0.142 e. The molecule has 0 amide bonds. The van der Waals surface area contributed by atoms with E-state index in [1.165, 1.54) is 0 Å². The third-order valence-electron chi connectivity index (χ3n) is 2.72. The van der Waals surface area contributed by atoms with Crippen molar-refractivity contribution in [1.82, 2.24) is 0 Å². The van der Waals surface area contributed by atoms with E-state index < -0.39 is 23.3 Å². The lowest BCUT2D eigenvalue weighted by molar-refractivity contribution is 0.118. The van der Waals surface area contributed by atoms with Crippen LogP contribution in [0.4, 0.5) is 8.78 Å². The molecule has 3 N–H and O–H groups in total. The molecular formula is C10H10ClF2NO. The number of hydrogen-bond donors (Lipinski definition) is 2. The second kappa shape index (κ2) is 3.40. The first kappa shape index (κ1) is 10.8. The molecule has 1 fully saturated rings. The average Bonchev–Trinajstić information content (AvgIpc) is 2.90. The molecule has 2 nitrogen and oxygen atoms in total. The smallest absolute Gasteiger partial charge is 0.142 e. The van der Waals surface area contributed by atoms with E-state index in [1.807, 2.05) is 0 Å². The van der Waals surface area contributed by atoms with Crippen LogP contribution in [0.2, 0.25) is 5.02 Å². The van der Waals surface area contributed by atoms with Crippen LogP contribution in [-0.4, -0.2) is 10.7 Å². The first-order valence-corrected chi connectivity index (χ1v) is 4.94. The highest BCUT2D eigenvalue weighted by atomic mass is 35.5. The van der Waals surface area contributed by atoms with E-state index in [0.29, 0.717) is 12.8 Å². The van der Waals surface area contributed by atoms with E-state index in [9.17, 15) is 13.9 Å². The first-order chi connectivity index (χ1) is 6.94. The summed E-state index contributed by atoms with van der Waals surface area (Å²) in [5.41, 5.74) is 4.54. The predicted molar refractivity (Wildman–Crippen MR) is 52.5 cm³/mol. The molecule has 2 rings (SSSR count). The standard InChI is InChI=1S/C10H10ClF2NO/c11-6-4-7(12)5(3-8(6)13)9(14)10(15)1-2-10/h3-4,9,15H,1-2,14H2. The molecule has 0 aliphatic heterocycles. The summed E-state index contributed by atoms with van der Waals surface area (Å²) in [7, 11) is 0. The number of hydrogen-bond acceptors (Lipinski definition) is 2. The third-order valence-corrected chi connectivity index (χ3v) is 3.01. The molecule has 5 heteroatoms. The molecule has 15 heavy (non-hydrogen) atoms. The maximum absolute atomic E-state index is 13.4. The Morgan fingerprint density at radius 1 is 1.33 bits per heavy atom. The van der Waals surface area contributed by atoms with Crippen molar-refractivity contribution in [3.63, 3.8) is 0 Å². The van der Waals surface area contributed by atoms with E-state index in [2.05, 4.69) is 0 Å². The Morgan fingerprint density at radius 3 is 2.47 bits per heavy atom. The molecule has 1 saturated carbocycles. The summed E-state index contributed by atoms with van der Waals surface area (Å²) in [5.74, 6) is -1.41. The van der Waals surface area contributed by atoms with Gasteiger partial charge in [-0.05, 0) is 25.0 Å². The van der Waals surface area contributed by atoms with Crippen LogP contribution in [0.15, 0.2) is 12.1 Å². The molecule has 1 unspecified atom stereocenters. The number of benzene rings is 1. The summed E-state index contributed by atoms with van der Waals surface area (Å²) in [6, 6.07) is 0.917. The zero-order valence-electron chi connectivity index (χ0n) is 7.80. The largest absolute Gasteiger partial charge is 0.388 e. The van der Waals surface area contributed by atoms with Gasteiger partial charge in [-0.1, -0.05) is 11.6 Å². The van der Waals surface area contributed by atoms with Gasteiger partial charge in [0.1, 0.15) is 11.6 Å². The molecule has 1 aromatic rings. The van der Waals surface area contributed by atoms with Crippen molar-refractivity contribution in [1.29, 1.82) is 0 Å². The lowest BCUT2D eigenvalue weighted by atomic mass is 10.00. The molecule has 0 heterocycles. The average molecular weight is 234 g/mol. The Labute approximate surface area is 90.7 Å². The fourth-order valence-electron chi connectivity index (χ4n) is 1.50. The lowest BCUT2D eigenvalue weighted by Crippen LogP contribution is -2.28. The fraction of sp³-hybridized carbons (Fsp3) is 0.400. The fourth-order valence-corrected chi connectivity index (χ4v) is 1.66. The van der Waals surface area contributed by atoms with Crippen LogP contribution < -0.4 is 5.73 Å². The summed E-state index contributed by atoms with van der Waals surface area (Å²) in [6.07, 6.45) is 1.02. The van der Waals surface area contributed by atoms with Crippen molar-refractivity contribution in [3.8, 4) is 0 Å². The first-order valence-electron chi connectivity index (χ1n) is 4.56. The van der Waals surface area contributed by atoms with Crippen molar-refractivity contribution in [2.24, 2.45) is 5.73 Å². The van der Waals surface area contributed by atoms with Gasteiger partial charge in [-0.25, -0.2) is 8.78 Å². The summed E-state index contributed by atoms with van der Waals surface area (Å²) < 4.78 is 26.5. The van der Waals surface area contributed by atoms with Gasteiger partial charge in [-0.15, -0.1) is 0 Å². The van der Waals surface area contributed by atoms with E-state index in [1.54, 1.807) is 0 Å². The highest BCUT2D eigenvalue weighted by Gasteiger charge is 2.47. The van der Waals surface area contributed by atoms with Crippen LogP contribution in [0.25, 0.3) is 0 Å². The van der Waals surface area contributed by atoms with Gasteiger partial charge in [0.2, 0.25) is 0 Å². The SMILES string of the molecule is NC(c1cc(F)c(Cl)cc1F)C1(O)CC1. The van der Waals surface area contributed by atoms with Gasteiger partial charge in [0.05, 0.1) is 16.7 Å². The normalized spacial score (nSPS) is 20.1. The number of aliphatic hydroxyl groups is 1. The third kappa shape index (κ3) is 1.85. The van der Waals surface area contributed by atoms with Crippen LogP contribution in [0.3, 0.4) is 0 Å².